The highest BCUT2D eigenvalue weighted by Gasteiger charge is 2.17. The lowest BCUT2D eigenvalue weighted by Gasteiger charge is -2.07. The lowest BCUT2D eigenvalue weighted by Crippen LogP contribution is -2.03. The van der Waals surface area contributed by atoms with E-state index in [1.807, 2.05) is 0 Å². The topological polar surface area (TPSA) is 60.5 Å². The minimum atomic E-state index is -2.87. The molecule has 22 heavy (non-hydrogen) atoms. The van der Waals surface area contributed by atoms with Gasteiger partial charge >= 0.3 is 12.6 Å². The normalized spacial score (nSPS) is 10.6. The van der Waals surface area contributed by atoms with Gasteiger partial charge in [-0.1, -0.05) is 35.1 Å². The highest BCUT2D eigenvalue weighted by atomic mass is 35.5. The van der Waals surface area contributed by atoms with Crippen LogP contribution in [0, 0.1) is 0 Å². The summed E-state index contributed by atoms with van der Waals surface area (Å²) >= 11 is 6.88. The predicted molar refractivity (Wildman–Crippen MR) is 78.9 cm³/mol. The maximum absolute atomic E-state index is 12.2. The molecule has 118 valence electrons. The third-order valence-electron chi connectivity index (χ3n) is 2.52. The fourth-order valence-corrected chi connectivity index (χ4v) is 2.70. The monoisotopic (exact) mass is 348 g/mol. The zero-order valence-electron chi connectivity index (χ0n) is 11.3. The van der Waals surface area contributed by atoms with Crippen LogP contribution in [0.1, 0.15) is 15.2 Å². The van der Waals surface area contributed by atoms with Crippen LogP contribution >= 0.6 is 22.9 Å². The number of thiazole rings is 1. The Balaban J connectivity index is 2.02. The Labute approximate surface area is 133 Å². The van der Waals surface area contributed by atoms with Crippen molar-refractivity contribution in [3.8, 4) is 5.75 Å². The molecule has 5 nitrogen and oxygen atoms in total. The molecule has 0 radical (unpaired) electrons. The molecule has 2 aromatic rings. The van der Waals surface area contributed by atoms with E-state index in [1.165, 1.54) is 19.2 Å². The summed E-state index contributed by atoms with van der Waals surface area (Å²) in [7, 11) is 1.25. The van der Waals surface area contributed by atoms with Crippen molar-refractivity contribution in [2.24, 2.45) is 0 Å². The van der Waals surface area contributed by atoms with Gasteiger partial charge in [0.05, 0.1) is 7.11 Å². The quantitative estimate of drug-likeness (QED) is 0.805. The Bertz CT molecular complexity index is 666. The summed E-state index contributed by atoms with van der Waals surface area (Å²) in [6.07, 6.45) is 0. The number of carbonyl (C=O) groups excluding carboxylic acids is 1. The minimum absolute atomic E-state index is 0.0501. The van der Waals surface area contributed by atoms with Crippen molar-refractivity contribution >= 4 is 34.0 Å². The van der Waals surface area contributed by atoms with Crippen molar-refractivity contribution in [1.29, 1.82) is 0 Å². The van der Waals surface area contributed by atoms with Crippen LogP contribution in [0.25, 0.3) is 0 Å². The van der Waals surface area contributed by atoms with Crippen molar-refractivity contribution in [2.45, 2.75) is 13.2 Å². The van der Waals surface area contributed by atoms with Crippen LogP contribution in [0.5, 0.6) is 5.75 Å². The predicted octanol–water partition coefficient (Wildman–Crippen LogP) is 3.80. The molecule has 1 heterocycles. The summed E-state index contributed by atoms with van der Waals surface area (Å²) in [6, 6.07) is 6.26. The van der Waals surface area contributed by atoms with Gasteiger partial charge in [-0.15, -0.1) is 0 Å². The molecule has 0 unspecified atom stereocenters. The summed E-state index contributed by atoms with van der Waals surface area (Å²) in [6.45, 7) is -2.56. The lowest BCUT2D eigenvalue weighted by atomic mass is 10.2. The Morgan fingerprint density at radius 1 is 1.50 bits per heavy atom. The molecule has 0 atom stereocenters. The highest BCUT2D eigenvalue weighted by Crippen LogP contribution is 2.28. The summed E-state index contributed by atoms with van der Waals surface area (Å²) in [5.74, 6) is -0.496. The summed E-state index contributed by atoms with van der Waals surface area (Å²) in [4.78, 5) is 15.6. The van der Waals surface area contributed by atoms with Gasteiger partial charge in [0.1, 0.15) is 5.75 Å². The SMILES string of the molecule is COC(=O)c1sc(NCc2cccc(OC(F)F)c2)nc1Cl. The van der Waals surface area contributed by atoms with Crippen LogP contribution in [0.4, 0.5) is 13.9 Å². The average Bonchev–Trinajstić information content (AvgIpc) is 2.85. The van der Waals surface area contributed by atoms with Crippen molar-refractivity contribution in [3.63, 3.8) is 0 Å². The van der Waals surface area contributed by atoms with Crippen LogP contribution in [-0.4, -0.2) is 24.7 Å². The molecule has 9 heteroatoms. The third kappa shape index (κ3) is 4.28. The number of halogens is 3. The largest absolute Gasteiger partial charge is 0.465 e. The first kappa shape index (κ1) is 16.4. The molecule has 0 spiro atoms. The standard InChI is InChI=1S/C13H11ClF2N2O3S/c1-20-11(19)9-10(14)18-13(22-9)17-6-7-3-2-4-8(5-7)21-12(15)16/h2-5,12H,6H2,1H3,(H,17,18). The maximum Gasteiger partial charge on any atom is 0.387 e. The molecule has 0 aliphatic rings. The van der Waals surface area contributed by atoms with Gasteiger partial charge in [0.2, 0.25) is 0 Å². The van der Waals surface area contributed by atoms with E-state index >= 15 is 0 Å². The van der Waals surface area contributed by atoms with Gasteiger partial charge in [-0.25, -0.2) is 9.78 Å². The van der Waals surface area contributed by atoms with E-state index in [4.69, 9.17) is 11.6 Å². The zero-order valence-corrected chi connectivity index (χ0v) is 12.9. The third-order valence-corrected chi connectivity index (χ3v) is 3.90. The van der Waals surface area contributed by atoms with Crippen molar-refractivity contribution in [1.82, 2.24) is 4.98 Å². The number of hydrogen-bond acceptors (Lipinski definition) is 6. The average molecular weight is 349 g/mol. The second-order valence-electron chi connectivity index (χ2n) is 4.01. The first-order valence-corrected chi connectivity index (χ1v) is 7.21. The number of methoxy groups -OCH3 is 1. The Kier molecular flexibility index (Phi) is 5.51. The summed E-state index contributed by atoms with van der Waals surface area (Å²) in [5.41, 5.74) is 0.712. The second kappa shape index (κ2) is 7.37. The summed E-state index contributed by atoms with van der Waals surface area (Å²) < 4.78 is 33.2. The molecule has 1 aromatic carbocycles. The van der Waals surface area contributed by atoms with Gasteiger partial charge in [-0.2, -0.15) is 8.78 Å². The van der Waals surface area contributed by atoms with Gasteiger partial charge in [-0.05, 0) is 17.7 Å². The fraction of sp³-hybridized carbons (Fsp3) is 0.231. The van der Waals surface area contributed by atoms with Gasteiger partial charge in [0, 0.05) is 6.54 Å². The van der Waals surface area contributed by atoms with Crippen molar-refractivity contribution in [2.75, 3.05) is 12.4 Å². The fourth-order valence-electron chi connectivity index (χ4n) is 1.61. The number of ether oxygens (including phenoxy) is 2. The number of anilines is 1. The van der Waals surface area contributed by atoms with Gasteiger partial charge in [-0.3, -0.25) is 0 Å². The van der Waals surface area contributed by atoms with E-state index in [0.717, 1.165) is 11.3 Å². The number of benzene rings is 1. The molecule has 0 saturated heterocycles. The van der Waals surface area contributed by atoms with Crippen LogP contribution in [0.15, 0.2) is 24.3 Å². The number of rotatable bonds is 6. The van der Waals surface area contributed by atoms with Crippen molar-refractivity contribution in [3.05, 3.63) is 39.9 Å². The molecule has 0 amide bonds. The Morgan fingerprint density at radius 3 is 2.95 bits per heavy atom. The van der Waals surface area contributed by atoms with Crippen LogP contribution < -0.4 is 10.1 Å². The van der Waals surface area contributed by atoms with E-state index < -0.39 is 12.6 Å². The number of nitrogens with one attached hydrogen (secondary N) is 1. The first-order chi connectivity index (χ1) is 10.5. The second-order valence-corrected chi connectivity index (χ2v) is 5.37. The number of esters is 1. The van der Waals surface area contributed by atoms with Gasteiger partial charge < -0.3 is 14.8 Å². The van der Waals surface area contributed by atoms with Gasteiger partial charge in [0.25, 0.3) is 0 Å². The van der Waals surface area contributed by atoms with Crippen LogP contribution in [0.2, 0.25) is 5.15 Å². The number of alkyl halides is 2. The lowest BCUT2D eigenvalue weighted by molar-refractivity contribution is -0.0498. The maximum atomic E-state index is 12.2. The highest BCUT2D eigenvalue weighted by molar-refractivity contribution is 7.18. The number of nitrogens with zero attached hydrogens (tertiary/aromatic N) is 1. The molecular formula is C13H11ClF2N2O3S. The molecule has 1 aromatic heterocycles. The van der Waals surface area contributed by atoms with Crippen molar-refractivity contribution < 1.29 is 23.0 Å². The molecule has 0 saturated carbocycles. The minimum Gasteiger partial charge on any atom is -0.465 e. The molecule has 0 fully saturated rings. The zero-order chi connectivity index (χ0) is 16.1. The summed E-state index contributed by atoms with van der Waals surface area (Å²) in [5, 5.41) is 3.43. The Morgan fingerprint density at radius 2 is 2.27 bits per heavy atom. The van der Waals surface area contributed by atoms with Crippen LogP contribution in [-0.2, 0) is 11.3 Å². The molecular weight excluding hydrogens is 338 g/mol. The van der Waals surface area contributed by atoms with E-state index in [1.54, 1.807) is 12.1 Å². The molecule has 2 rings (SSSR count). The van der Waals surface area contributed by atoms with E-state index in [2.05, 4.69) is 19.8 Å². The van der Waals surface area contributed by atoms with E-state index in [0.29, 0.717) is 17.2 Å². The molecule has 0 aliphatic heterocycles. The number of carbonyl (C=O) groups is 1. The van der Waals surface area contributed by atoms with Gasteiger partial charge in [0.15, 0.2) is 15.2 Å². The molecule has 0 aliphatic carbocycles. The molecule has 1 N–H and O–H groups in total. The van der Waals surface area contributed by atoms with E-state index in [9.17, 15) is 13.6 Å². The first-order valence-electron chi connectivity index (χ1n) is 6.02. The smallest absolute Gasteiger partial charge is 0.387 e. The van der Waals surface area contributed by atoms with E-state index in [-0.39, 0.29) is 15.8 Å². The Hall–Kier alpha value is -1.93. The van der Waals surface area contributed by atoms with Crippen LogP contribution in [0.3, 0.4) is 0 Å². The number of hydrogen-bond donors (Lipinski definition) is 1. The molecule has 0 bridgehead atoms. The number of aromatic nitrogens is 1.